The van der Waals surface area contributed by atoms with Gasteiger partial charge in [-0.2, -0.15) is 0 Å². The van der Waals surface area contributed by atoms with Crippen LogP contribution in [0.3, 0.4) is 0 Å². The van der Waals surface area contributed by atoms with Gasteiger partial charge in [0.15, 0.2) is 13.6 Å². The number of hydrogen-bond donors (Lipinski definition) is 0. The lowest BCUT2D eigenvalue weighted by molar-refractivity contribution is -0.162. The molecule has 10 heteroatoms. The van der Waals surface area contributed by atoms with E-state index >= 15 is 0 Å². The van der Waals surface area contributed by atoms with Gasteiger partial charge in [0.2, 0.25) is 0 Å². The number of carbonyl (C=O) groups is 2. The topological polar surface area (TPSA) is 108 Å². The van der Waals surface area contributed by atoms with Crippen molar-refractivity contribution in [2.45, 2.75) is 33.6 Å². The van der Waals surface area contributed by atoms with E-state index in [2.05, 4.69) is 13.8 Å². The molecule has 2 heterocycles. The van der Waals surface area contributed by atoms with Gasteiger partial charge in [-0.25, -0.2) is 9.59 Å². The molecule has 2 aliphatic rings. The summed E-state index contributed by atoms with van der Waals surface area (Å²) >= 11 is 0. The van der Waals surface area contributed by atoms with Crippen molar-refractivity contribution in [3.63, 3.8) is 0 Å². The van der Waals surface area contributed by atoms with Crippen LogP contribution in [-0.4, -0.2) is 65.2 Å². The molecule has 5 rings (SSSR count). The molecule has 2 saturated heterocycles. The standard InChI is InChI=1S/C35H40O10/c1-4-34(17-38-18-34)21-40-23-42-28-10-6-26(7-11-28)32(36)44-30-14-15-31(25(3)16-30)45-33(37)27-8-12-29(13-9-27)43-24-41-22-35(5-2)19-39-20-35/h6-16H,4-5,17-24H2,1-3H3. The highest BCUT2D eigenvalue weighted by atomic mass is 16.7. The number of ether oxygens (including phenoxy) is 8. The fourth-order valence-corrected chi connectivity index (χ4v) is 4.80. The molecule has 2 aliphatic heterocycles. The summed E-state index contributed by atoms with van der Waals surface area (Å²) in [5.41, 5.74) is 1.56. The first kappa shape index (κ1) is 32.4. The van der Waals surface area contributed by atoms with Crippen molar-refractivity contribution in [3.05, 3.63) is 83.4 Å². The highest BCUT2D eigenvalue weighted by Crippen LogP contribution is 2.32. The lowest BCUT2D eigenvalue weighted by Crippen LogP contribution is -2.45. The van der Waals surface area contributed by atoms with E-state index in [4.69, 9.17) is 37.9 Å². The molecule has 2 fully saturated rings. The average Bonchev–Trinajstić information content (AvgIpc) is 3.01. The largest absolute Gasteiger partial charge is 0.468 e. The zero-order valence-corrected chi connectivity index (χ0v) is 26.0. The number of aryl methyl sites for hydroxylation is 1. The Labute approximate surface area is 263 Å². The van der Waals surface area contributed by atoms with Crippen molar-refractivity contribution >= 4 is 11.9 Å². The maximum absolute atomic E-state index is 12.7. The van der Waals surface area contributed by atoms with Gasteiger partial charge in [0.1, 0.15) is 23.0 Å². The van der Waals surface area contributed by atoms with Crippen LogP contribution in [0.5, 0.6) is 23.0 Å². The van der Waals surface area contributed by atoms with E-state index in [1.807, 2.05) is 0 Å². The molecule has 240 valence electrons. The molecule has 0 amide bonds. The Morgan fingerprint density at radius 3 is 1.49 bits per heavy atom. The molecule has 3 aromatic carbocycles. The summed E-state index contributed by atoms with van der Waals surface area (Å²) in [6.07, 6.45) is 1.99. The van der Waals surface area contributed by atoms with Crippen LogP contribution in [0.25, 0.3) is 0 Å². The second-order valence-corrected chi connectivity index (χ2v) is 11.7. The van der Waals surface area contributed by atoms with Crippen LogP contribution in [0.15, 0.2) is 66.7 Å². The van der Waals surface area contributed by atoms with Gasteiger partial charge < -0.3 is 37.9 Å². The van der Waals surface area contributed by atoms with Crippen molar-refractivity contribution in [1.29, 1.82) is 0 Å². The van der Waals surface area contributed by atoms with Crippen LogP contribution in [0.1, 0.15) is 53.0 Å². The lowest BCUT2D eigenvalue weighted by Gasteiger charge is -2.40. The van der Waals surface area contributed by atoms with Crippen LogP contribution in [0.2, 0.25) is 0 Å². The minimum atomic E-state index is -0.522. The summed E-state index contributed by atoms with van der Waals surface area (Å²) in [7, 11) is 0. The first-order valence-electron chi connectivity index (χ1n) is 15.1. The van der Waals surface area contributed by atoms with Crippen molar-refractivity contribution in [2.24, 2.45) is 10.8 Å². The van der Waals surface area contributed by atoms with Gasteiger partial charge in [0.25, 0.3) is 0 Å². The molecule has 0 spiro atoms. The number of benzene rings is 3. The van der Waals surface area contributed by atoms with Gasteiger partial charge in [0.05, 0.1) is 50.8 Å². The molecule has 3 aromatic rings. The van der Waals surface area contributed by atoms with Crippen molar-refractivity contribution in [2.75, 3.05) is 53.2 Å². The molecule has 0 bridgehead atoms. The minimum absolute atomic E-state index is 0.0945. The molecule has 0 saturated carbocycles. The fraction of sp³-hybridized carbons (Fsp3) is 0.429. The quantitative estimate of drug-likeness (QED) is 0.0820. The van der Waals surface area contributed by atoms with E-state index < -0.39 is 11.9 Å². The Morgan fingerprint density at radius 2 is 1.09 bits per heavy atom. The zero-order valence-electron chi connectivity index (χ0n) is 26.0. The van der Waals surface area contributed by atoms with Crippen molar-refractivity contribution < 1.29 is 47.5 Å². The van der Waals surface area contributed by atoms with Crippen molar-refractivity contribution in [1.82, 2.24) is 0 Å². The van der Waals surface area contributed by atoms with Crippen LogP contribution < -0.4 is 18.9 Å². The maximum Gasteiger partial charge on any atom is 0.343 e. The molecule has 0 aliphatic carbocycles. The third-order valence-electron chi connectivity index (χ3n) is 8.31. The van der Waals surface area contributed by atoms with Crippen LogP contribution >= 0.6 is 0 Å². The van der Waals surface area contributed by atoms with Crippen LogP contribution in [0, 0.1) is 17.8 Å². The van der Waals surface area contributed by atoms with Gasteiger partial charge in [-0.05, 0) is 92.1 Å². The highest BCUT2D eigenvalue weighted by Gasteiger charge is 2.37. The zero-order chi connectivity index (χ0) is 31.7. The van der Waals surface area contributed by atoms with Crippen LogP contribution in [-0.2, 0) is 18.9 Å². The third-order valence-corrected chi connectivity index (χ3v) is 8.31. The van der Waals surface area contributed by atoms with Gasteiger partial charge in [-0.1, -0.05) is 13.8 Å². The first-order chi connectivity index (χ1) is 21.8. The Kier molecular flexibility index (Phi) is 10.7. The van der Waals surface area contributed by atoms with E-state index in [-0.39, 0.29) is 24.4 Å². The summed E-state index contributed by atoms with van der Waals surface area (Å²) in [5.74, 6) is 0.813. The summed E-state index contributed by atoms with van der Waals surface area (Å²) in [5, 5.41) is 0. The van der Waals surface area contributed by atoms with E-state index in [1.165, 1.54) is 0 Å². The third kappa shape index (κ3) is 8.40. The smallest absolute Gasteiger partial charge is 0.343 e. The Hall–Kier alpha value is -3.96. The molecule has 0 radical (unpaired) electrons. The summed E-state index contributed by atoms with van der Waals surface area (Å²) in [6, 6.07) is 18.1. The number of rotatable bonds is 16. The fourth-order valence-electron chi connectivity index (χ4n) is 4.80. The molecule has 0 atom stereocenters. The molecule has 0 unspecified atom stereocenters. The summed E-state index contributed by atoms with van der Waals surface area (Å²) in [6.45, 7) is 10.3. The molecule has 10 nitrogen and oxygen atoms in total. The van der Waals surface area contributed by atoms with E-state index in [0.29, 0.717) is 79.3 Å². The normalized spacial score (nSPS) is 16.2. The van der Waals surface area contributed by atoms with Crippen molar-refractivity contribution in [3.8, 4) is 23.0 Å². The second-order valence-electron chi connectivity index (χ2n) is 11.7. The van der Waals surface area contributed by atoms with E-state index in [9.17, 15) is 9.59 Å². The van der Waals surface area contributed by atoms with E-state index in [1.54, 1.807) is 73.7 Å². The highest BCUT2D eigenvalue weighted by molar-refractivity contribution is 5.92. The average molecular weight is 621 g/mol. The summed E-state index contributed by atoms with van der Waals surface area (Å²) < 4.78 is 44.3. The predicted octanol–water partition coefficient (Wildman–Crippen LogP) is 5.99. The Bertz CT molecular complexity index is 1410. The number of hydrogen-bond acceptors (Lipinski definition) is 10. The SMILES string of the molecule is CCC1(COCOc2ccc(C(=O)Oc3ccc(OC(=O)c4ccc(OCOCC5(CC)COC5)cc4)c(C)c3)cc2)COC1. The minimum Gasteiger partial charge on any atom is -0.468 e. The van der Waals surface area contributed by atoms with Gasteiger partial charge in [0, 0.05) is 10.8 Å². The number of carbonyl (C=O) groups excluding carboxylic acids is 2. The lowest BCUT2D eigenvalue weighted by atomic mass is 9.84. The Balaban J connectivity index is 1.05. The molecule has 0 N–H and O–H groups in total. The van der Waals surface area contributed by atoms with E-state index in [0.717, 1.165) is 12.8 Å². The monoisotopic (exact) mass is 620 g/mol. The Morgan fingerprint density at radius 1 is 0.644 bits per heavy atom. The molecule has 45 heavy (non-hydrogen) atoms. The van der Waals surface area contributed by atoms with Gasteiger partial charge >= 0.3 is 11.9 Å². The maximum atomic E-state index is 12.7. The molecular weight excluding hydrogens is 580 g/mol. The molecular formula is C35H40O10. The second kappa shape index (κ2) is 14.9. The predicted molar refractivity (Wildman–Crippen MR) is 164 cm³/mol. The summed E-state index contributed by atoms with van der Waals surface area (Å²) in [4.78, 5) is 25.4. The van der Waals surface area contributed by atoms with Gasteiger partial charge in [-0.15, -0.1) is 0 Å². The number of esters is 2. The van der Waals surface area contributed by atoms with Crippen LogP contribution in [0.4, 0.5) is 0 Å². The molecule has 0 aromatic heterocycles. The first-order valence-corrected chi connectivity index (χ1v) is 15.1. The van der Waals surface area contributed by atoms with Gasteiger partial charge in [-0.3, -0.25) is 0 Å².